The van der Waals surface area contributed by atoms with E-state index in [9.17, 15) is 4.79 Å². The first-order valence-electron chi connectivity index (χ1n) is 5.68. The van der Waals surface area contributed by atoms with Crippen LogP contribution in [0.1, 0.15) is 24.5 Å². The summed E-state index contributed by atoms with van der Waals surface area (Å²) in [6.07, 6.45) is 0.409. The number of carbonyl (C=O) groups is 1. The van der Waals surface area contributed by atoms with Crippen LogP contribution in [0.5, 0.6) is 0 Å². The summed E-state index contributed by atoms with van der Waals surface area (Å²) in [7, 11) is 0. The molecule has 4 nitrogen and oxygen atoms in total. The maximum absolute atomic E-state index is 11.2. The summed E-state index contributed by atoms with van der Waals surface area (Å²) in [6, 6.07) is 7.77. The van der Waals surface area contributed by atoms with Gasteiger partial charge in [0.15, 0.2) is 0 Å². The molecule has 0 aliphatic rings. The Hall–Kier alpha value is -2.02. The van der Waals surface area contributed by atoms with Crippen molar-refractivity contribution in [2.75, 3.05) is 18.4 Å². The molecule has 0 bridgehead atoms. The maximum atomic E-state index is 11.2. The summed E-state index contributed by atoms with van der Waals surface area (Å²) in [5.41, 5.74) is 2.44. The van der Waals surface area contributed by atoms with E-state index in [0.29, 0.717) is 25.1 Å². The largest absolute Gasteiger partial charge is 0.383 e. The minimum atomic E-state index is 0.0191. The fourth-order valence-corrected chi connectivity index (χ4v) is 1.50. The molecule has 0 aliphatic heterocycles. The summed E-state index contributed by atoms with van der Waals surface area (Å²) < 4.78 is 0. The molecular weight excluding hydrogens is 214 g/mol. The average molecular weight is 231 g/mol. The average Bonchev–Trinajstić information content (AvgIpc) is 2.31. The molecule has 0 saturated heterocycles. The van der Waals surface area contributed by atoms with E-state index in [2.05, 4.69) is 16.7 Å². The molecular formula is C13H17N3O. The fraction of sp³-hybridized carbons (Fsp3) is 0.385. The van der Waals surface area contributed by atoms with Crippen molar-refractivity contribution in [2.45, 2.75) is 20.3 Å². The standard InChI is InChI=1S/C13H17N3O/c1-3-15-13(17)6-7-16-12-5-4-10(2)8-11(12)9-14/h4-5,8,16H,3,6-7H2,1-2H3,(H,15,17). The number of amides is 1. The van der Waals surface area contributed by atoms with E-state index in [4.69, 9.17) is 5.26 Å². The number of aryl methyl sites for hydroxylation is 1. The second-order valence-corrected chi connectivity index (χ2v) is 3.79. The Morgan fingerprint density at radius 3 is 2.88 bits per heavy atom. The molecule has 4 heteroatoms. The number of rotatable bonds is 5. The first-order valence-corrected chi connectivity index (χ1v) is 5.68. The van der Waals surface area contributed by atoms with Crippen molar-refractivity contribution in [3.8, 4) is 6.07 Å². The van der Waals surface area contributed by atoms with Crippen molar-refractivity contribution < 1.29 is 4.79 Å². The van der Waals surface area contributed by atoms with Gasteiger partial charge in [0, 0.05) is 19.5 Å². The second-order valence-electron chi connectivity index (χ2n) is 3.79. The highest BCUT2D eigenvalue weighted by Crippen LogP contribution is 2.15. The van der Waals surface area contributed by atoms with Crippen LogP contribution in [-0.4, -0.2) is 19.0 Å². The van der Waals surface area contributed by atoms with Crippen LogP contribution >= 0.6 is 0 Å². The molecule has 0 aromatic heterocycles. The van der Waals surface area contributed by atoms with E-state index in [1.54, 1.807) is 0 Å². The Bertz CT molecular complexity index is 435. The summed E-state index contributed by atoms with van der Waals surface area (Å²) in [6.45, 7) is 5.01. The van der Waals surface area contributed by atoms with E-state index in [-0.39, 0.29) is 5.91 Å². The molecule has 0 unspecified atom stereocenters. The number of nitrogens with zero attached hydrogens (tertiary/aromatic N) is 1. The number of carbonyl (C=O) groups excluding carboxylic acids is 1. The van der Waals surface area contributed by atoms with Gasteiger partial charge in [-0.3, -0.25) is 4.79 Å². The van der Waals surface area contributed by atoms with Gasteiger partial charge in [-0.05, 0) is 31.5 Å². The van der Waals surface area contributed by atoms with E-state index >= 15 is 0 Å². The Balaban J connectivity index is 2.52. The van der Waals surface area contributed by atoms with Crippen molar-refractivity contribution in [1.29, 1.82) is 5.26 Å². The van der Waals surface area contributed by atoms with Crippen LogP contribution in [0.4, 0.5) is 5.69 Å². The Labute approximate surface area is 102 Å². The van der Waals surface area contributed by atoms with Crippen molar-refractivity contribution in [3.63, 3.8) is 0 Å². The normalized spacial score (nSPS) is 9.47. The number of hydrogen-bond acceptors (Lipinski definition) is 3. The van der Waals surface area contributed by atoms with Gasteiger partial charge >= 0.3 is 0 Å². The van der Waals surface area contributed by atoms with Gasteiger partial charge in [-0.15, -0.1) is 0 Å². The van der Waals surface area contributed by atoms with Gasteiger partial charge in [0.2, 0.25) is 5.91 Å². The molecule has 0 atom stereocenters. The SMILES string of the molecule is CCNC(=O)CCNc1ccc(C)cc1C#N. The lowest BCUT2D eigenvalue weighted by molar-refractivity contribution is -0.120. The van der Waals surface area contributed by atoms with E-state index in [1.807, 2.05) is 32.0 Å². The number of benzene rings is 1. The monoisotopic (exact) mass is 231 g/mol. The Morgan fingerprint density at radius 2 is 2.24 bits per heavy atom. The van der Waals surface area contributed by atoms with E-state index in [1.165, 1.54) is 0 Å². The Morgan fingerprint density at radius 1 is 1.47 bits per heavy atom. The van der Waals surface area contributed by atoms with Gasteiger partial charge < -0.3 is 10.6 Å². The number of anilines is 1. The second kappa shape index (κ2) is 6.54. The molecule has 1 rings (SSSR count). The molecule has 2 N–H and O–H groups in total. The van der Waals surface area contributed by atoms with Crippen LogP contribution in [0, 0.1) is 18.3 Å². The zero-order valence-electron chi connectivity index (χ0n) is 10.2. The van der Waals surface area contributed by atoms with Crippen molar-refractivity contribution in [2.24, 2.45) is 0 Å². The number of nitrogens with one attached hydrogen (secondary N) is 2. The van der Waals surface area contributed by atoms with Gasteiger partial charge in [0.1, 0.15) is 6.07 Å². The number of hydrogen-bond donors (Lipinski definition) is 2. The molecule has 17 heavy (non-hydrogen) atoms. The molecule has 1 aromatic rings. The van der Waals surface area contributed by atoms with Crippen LogP contribution in [0.3, 0.4) is 0 Å². The predicted octanol–water partition coefficient (Wildman–Crippen LogP) is 1.80. The van der Waals surface area contributed by atoms with Crippen molar-refractivity contribution in [3.05, 3.63) is 29.3 Å². The van der Waals surface area contributed by atoms with Crippen LogP contribution in [0.25, 0.3) is 0 Å². The van der Waals surface area contributed by atoms with Crippen LogP contribution in [0.15, 0.2) is 18.2 Å². The fourth-order valence-electron chi connectivity index (χ4n) is 1.50. The zero-order chi connectivity index (χ0) is 12.7. The molecule has 0 spiro atoms. The highest BCUT2D eigenvalue weighted by Gasteiger charge is 2.03. The lowest BCUT2D eigenvalue weighted by Gasteiger charge is -2.08. The molecule has 1 amide bonds. The molecule has 90 valence electrons. The quantitative estimate of drug-likeness (QED) is 0.812. The predicted molar refractivity (Wildman–Crippen MR) is 67.7 cm³/mol. The highest BCUT2D eigenvalue weighted by molar-refractivity contribution is 5.76. The zero-order valence-corrected chi connectivity index (χ0v) is 10.2. The summed E-state index contributed by atoms with van der Waals surface area (Å²) >= 11 is 0. The first-order chi connectivity index (χ1) is 8.17. The summed E-state index contributed by atoms with van der Waals surface area (Å²) in [5, 5.41) is 14.8. The van der Waals surface area contributed by atoms with Gasteiger partial charge in [-0.2, -0.15) is 5.26 Å². The molecule has 0 heterocycles. The summed E-state index contributed by atoms with van der Waals surface area (Å²) in [5.74, 6) is 0.0191. The first kappa shape index (κ1) is 13.0. The van der Waals surface area contributed by atoms with Gasteiger partial charge in [0.25, 0.3) is 0 Å². The maximum Gasteiger partial charge on any atom is 0.221 e. The van der Waals surface area contributed by atoms with Gasteiger partial charge in [-0.25, -0.2) is 0 Å². The molecule has 1 aromatic carbocycles. The topological polar surface area (TPSA) is 64.9 Å². The third-order valence-electron chi connectivity index (χ3n) is 2.34. The third kappa shape index (κ3) is 4.15. The van der Waals surface area contributed by atoms with Crippen molar-refractivity contribution in [1.82, 2.24) is 5.32 Å². The molecule has 0 saturated carbocycles. The van der Waals surface area contributed by atoms with Crippen molar-refractivity contribution >= 4 is 11.6 Å². The highest BCUT2D eigenvalue weighted by atomic mass is 16.1. The lowest BCUT2D eigenvalue weighted by atomic mass is 10.1. The minimum Gasteiger partial charge on any atom is -0.383 e. The van der Waals surface area contributed by atoms with Crippen LogP contribution in [0.2, 0.25) is 0 Å². The van der Waals surface area contributed by atoms with Crippen LogP contribution < -0.4 is 10.6 Å². The molecule has 0 radical (unpaired) electrons. The van der Waals surface area contributed by atoms with Gasteiger partial charge in [-0.1, -0.05) is 6.07 Å². The number of nitriles is 1. The van der Waals surface area contributed by atoms with Crippen LogP contribution in [-0.2, 0) is 4.79 Å². The minimum absolute atomic E-state index is 0.0191. The van der Waals surface area contributed by atoms with E-state index in [0.717, 1.165) is 11.3 Å². The molecule has 0 fully saturated rings. The summed E-state index contributed by atoms with van der Waals surface area (Å²) in [4.78, 5) is 11.2. The van der Waals surface area contributed by atoms with Gasteiger partial charge in [0.05, 0.1) is 11.3 Å². The third-order valence-corrected chi connectivity index (χ3v) is 2.34. The Kier molecular flexibility index (Phi) is 5.02. The smallest absolute Gasteiger partial charge is 0.221 e. The lowest BCUT2D eigenvalue weighted by Crippen LogP contribution is -2.24. The van der Waals surface area contributed by atoms with E-state index < -0.39 is 0 Å². The molecule has 0 aliphatic carbocycles.